The van der Waals surface area contributed by atoms with Gasteiger partial charge < -0.3 is 9.84 Å². The average Bonchev–Trinajstić information content (AvgIpc) is 3.17. The van der Waals surface area contributed by atoms with Gasteiger partial charge in [0.2, 0.25) is 5.88 Å². The molecule has 0 aromatic carbocycles. The molecule has 19 heavy (non-hydrogen) atoms. The molecule has 0 saturated heterocycles. The second kappa shape index (κ2) is 4.86. The van der Waals surface area contributed by atoms with E-state index in [1.165, 1.54) is 9.12 Å². The summed E-state index contributed by atoms with van der Waals surface area (Å²) in [5.41, 5.74) is 2.10. The van der Waals surface area contributed by atoms with Crippen molar-refractivity contribution in [3.63, 3.8) is 0 Å². The normalized spacial score (nSPS) is 14.8. The van der Waals surface area contributed by atoms with Crippen LogP contribution in [0, 0.1) is 0 Å². The summed E-state index contributed by atoms with van der Waals surface area (Å²) in [4.78, 5) is 15.8. The Morgan fingerprint density at radius 1 is 1.63 bits per heavy atom. The number of carbonyl (C=O) groups is 1. The van der Waals surface area contributed by atoms with Crippen LogP contribution in [0.15, 0.2) is 12.4 Å². The number of hydrogen-bond acceptors (Lipinski definition) is 4. The third-order valence-corrected chi connectivity index (χ3v) is 5.01. The maximum atomic E-state index is 11.5. The van der Waals surface area contributed by atoms with Gasteiger partial charge in [0.05, 0.1) is 12.7 Å². The molecule has 1 aliphatic rings. The Labute approximate surface area is 126 Å². The van der Waals surface area contributed by atoms with Crippen molar-refractivity contribution >= 4 is 47.2 Å². The zero-order valence-electron chi connectivity index (χ0n) is 10.1. The molecule has 3 rings (SSSR count). The van der Waals surface area contributed by atoms with Crippen LogP contribution >= 0.6 is 30.3 Å². The van der Waals surface area contributed by atoms with Crippen molar-refractivity contribution in [3.05, 3.63) is 23.5 Å². The number of methoxy groups -OCH3 is 1. The predicted octanol–water partition coefficient (Wildman–Crippen LogP) is 3.47. The van der Waals surface area contributed by atoms with Gasteiger partial charge in [0.15, 0.2) is 0 Å². The highest BCUT2D eigenvalue weighted by Crippen LogP contribution is 2.46. The number of aromatic carboxylic acids is 1. The van der Waals surface area contributed by atoms with Gasteiger partial charge >= 0.3 is 5.97 Å². The molecule has 0 unspecified atom stereocenters. The first-order chi connectivity index (χ1) is 9.17. The Bertz CT molecular complexity index is 667. The van der Waals surface area contributed by atoms with Gasteiger partial charge in [-0.15, -0.1) is 0 Å². The van der Waals surface area contributed by atoms with Crippen LogP contribution < -0.4 is 4.74 Å². The first-order valence-corrected chi connectivity index (χ1v) is 9.09. The lowest BCUT2D eigenvalue weighted by molar-refractivity contribution is 0.0699. The fourth-order valence-corrected chi connectivity index (χ4v) is 3.62. The quantitative estimate of drug-likeness (QED) is 0.811. The highest BCUT2D eigenvalue weighted by molar-refractivity contribution is 14.2. The van der Waals surface area contributed by atoms with Gasteiger partial charge in [-0.2, -0.15) is 0 Å². The number of rotatable bonds is 4. The van der Waals surface area contributed by atoms with Crippen LogP contribution in [0.1, 0.15) is 34.7 Å². The maximum Gasteiger partial charge on any atom is 0.337 e. The summed E-state index contributed by atoms with van der Waals surface area (Å²) < 4.78 is 7.08. The van der Waals surface area contributed by atoms with Gasteiger partial charge in [-0.25, -0.2) is 9.78 Å². The smallest absolute Gasteiger partial charge is 0.337 e. The molecule has 2 aromatic rings. The zero-order valence-corrected chi connectivity index (χ0v) is 13.1. The summed E-state index contributed by atoms with van der Waals surface area (Å²) in [5, 5.41) is 10.2. The van der Waals surface area contributed by atoms with E-state index in [1.807, 2.05) is 0 Å². The summed E-state index contributed by atoms with van der Waals surface area (Å²) in [6.07, 6.45) is 5.60. The lowest BCUT2D eigenvalue weighted by atomic mass is 10.1. The fraction of sp³-hybridized carbons (Fsp3) is 0.333. The monoisotopic (exact) mass is 390 g/mol. The van der Waals surface area contributed by atoms with Crippen LogP contribution in [0.5, 0.6) is 5.88 Å². The van der Waals surface area contributed by atoms with Crippen LogP contribution in [0.4, 0.5) is 0 Å². The number of aromatic nitrogens is 2. The van der Waals surface area contributed by atoms with Crippen LogP contribution in [-0.2, 0) is 0 Å². The van der Waals surface area contributed by atoms with Crippen LogP contribution in [-0.4, -0.2) is 27.1 Å². The molecule has 0 spiro atoms. The van der Waals surface area contributed by atoms with Crippen LogP contribution in [0.3, 0.4) is 0 Å². The van der Waals surface area contributed by atoms with E-state index in [0.717, 1.165) is 29.3 Å². The number of ether oxygens (including phenoxy) is 1. The van der Waals surface area contributed by atoms with E-state index in [9.17, 15) is 9.90 Å². The summed E-state index contributed by atoms with van der Waals surface area (Å²) in [5.74, 6) is -0.00511. The number of carboxylic acid groups (broad SMARTS) is 1. The average molecular weight is 390 g/mol. The number of carboxylic acids is 1. The van der Waals surface area contributed by atoms with Gasteiger partial charge in [-0.3, -0.25) is 3.97 Å². The molecule has 0 amide bonds. The zero-order chi connectivity index (χ0) is 13.6. The Kier molecular flexibility index (Phi) is 3.34. The molecule has 1 N–H and O–H groups in total. The molecule has 1 saturated carbocycles. The van der Waals surface area contributed by atoms with Gasteiger partial charge in [-0.1, -0.05) is 0 Å². The second-order valence-electron chi connectivity index (χ2n) is 4.46. The molecule has 1 fully saturated rings. The largest absolute Gasteiger partial charge is 0.479 e. The Hall–Kier alpha value is -0.960. The number of halogens is 1. The summed E-state index contributed by atoms with van der Waals surface area (Å²) in [6, 6.07) is 0. The van der Waals surface area contributed by atoms with E-state index in [2.05, 4.69) is 26.2 Å². The topological polar surface area (TPSA) is 64.3 Å². The minimum Gasteiger partial charge on any atom is -0.479 e. The second-order valence-corrected chi connectivity index (χ2v) is 6.18. The van der Waals surface area contributed by atoms with Crippen molar-refractivity contribution in [2.45, 2.75) is 18.8 Å². The van der Waals surface area contributed by atoms with Crippen molar-refractivity contribution in [1.29, 1.82) is 0 Å². The molecule has 7 heteroatoms. The number of pyridine rings is 1. The molecular weight excluding hydrogens is 379 g/mol. The highest BCUT2D eigenvalue weighted by Gasteiger charge is 2.30. The van der Waals surface area contributed by atoms with Gasteiger partial charge in [0.25, 0.3) is 0 Å². The van der Waals surface area contributed by atoms with Gasteiger partial charge in [0, 0.05) is 48.1 Å². The van der Waals surface area contributed by atoms with E-state index < -0.39 is 5.97 Å². The standard InChI is InChI=1S/C12H11IN2O3S/c1-18-11-10-9(7(4-14-11)6-2-3-6)8(12(16)17)5-15(10)19-13/h4-6H,2-3H2,1H3,(H,16,17). The van der Waals surface area contributed by atoms with E-state index >= 15 is 0 Å². The molecule has 1 aliphatic carbocycles. The molecule has 100 valence electrons. The van der Waals surface area contributed by atoms with Gasteiger partial charge in [0.1, 0.15) is 5.52 Å². The summed E-state index contributed by atoms with van der Waals surface area (Å²) in [6.45, 7) is 0. The lowest BCUT2D eigenvalue weighted by Gasteiger charge is -2.07. The number of nitrogens with zero attached hydrogens (tertiary/aromatic N) is 2. The van der Waals surface area contributed by atoms with E-state index in [0.29, 0.717) is 17.4 Å². The van der Waals surface area contributed by atoms with Crippen molar-refractivity contribution in [2.75, 3.05) is 7.11 Å². The minimum absolute atomic E-state index is 0.321. The van der Waals surface area contributed by atoms with Gasteiger partial charge in [-0.05, 0) is 24.3 Å². The summed E-state index contributed by atoms with van der Waals surface area (Å²) >= 11 is 2.12. The number of hydrogen-bond donors (Lipinski definition) is 1. The first kappa shape index (κ1) is 13.0. The molecule has 2 heterocycles. The minimum atomic E-state index is -0.913. The highest BCUT2D eigenvalue weighted by atomic mass is 127. The van der Waals surface area contributed by atoms with Crippen molar-refractivity contribution in [1.82, 2.24) is 8.96 Å². The third-order valence-electron chi connectivity index (χ3n) is 3.30. The van der Waals surface area contributed by atoms with Crippen LogP contribution in [0.2, 0.25) is 0 Å². The molecule has 0 atom stereocenters. The number of fused-ring (bicyclic) bond motifs is 1. The van der Waals surface area contributed by atoms with E-state index in [-0.39, 0.29) is 0 Å². The first-order valence-electron chi connectivity index (χ1n) is 5.77. The maximum absolute atomic E-state index is 11.5. The van der Waals surface area contributed by atoms with E-state index in [4.69, 9.17) is 4.74 Å². The third kappa shape index (κ3) is 2.08. The van der Waals surface area contributed by atoms with E-state index in [1.54, 1.807) is 23.5 Å². The summed E-state index contributed by atoms with van der Waals surface area (Å²) in [7, 11) is 2.96. The Morgan fingerprint density at radius 2 is 2.37 bits per heavy atom. The molecule has 5 nitrogen and oxygen atoms in total. The molecule has 2 aromatic heterocycles. The molecule has 0 bridgehead atoms. The molecule has 0 radical (unpaired) electrons. The lowest BCUT2D eigenvalue weighted by Crippen LogP contribution is -1.98. The van der Waals surface area contributed by atoms with Crippen LogP contribution in [0.25, 0.3) is 10.9 Å². The fourth-order valence-electron chi connectivity index (χ4n) is 2.30. The predicted molar refractivity (Wildman–Crippen MR) is 82.2 cm³/mol. The van der Waals surface area contributed by atoms with Crippen molar-refractivity contribution in [2.24, 2.45) is 0 Å². The Morgan fingerprint density at radius 3 is 2.89 bits per heavy atom. The molecule has 0 aliphatic heterocycles. The van der Waals surface area contributed by atoms with Crippen molar-refractivity contribution in [3.8, 4) is 5.88 Å². The molecular formula is C12H11IN2O3S. The van der Waals surface area contributed by atoms with Crippen molar-refractivity contribution < 1.29 is 14.6 Å². The SMILES string of the molecule is COc1ncc(C2CC2)c2c(C(=O)O)cn(SI)c12. The Balaban J connectivity index is 2.39.